The fraction of sp³-hybridized carbons (Fsp3) is 0.429. The van der Waals surface area contributed by atoms with E-state index in [2.05, 4.69) is 15.6 Å². The molecule has 2 aromatic rings. The van der Waals surface area contributed by atoms with E-state index in [1.165, 1.54) is 12.1 Å². The maximum Gasteiger partial charge on any atom is 0.399 e. The molecule has 2 amide bonds. The number of hydrogen-bond donors (Lipinski definition) is 4. The second-order valence-electron chi connectivity index (χ2n) is 8.11. The highest BCUT2D eigenvalue weighted by molar-refractivity contribution is 5.90. The first-order valence-corrected chi connectivity index (χ1v) is 10.0. The lowest BCUT2D eigenvalue weighted by Crippen LogP contribution is -2.45. The van der Waals surface area contributed by atoms with E-state index in [0.717, 1.165) is 12.1 Å². The van der Waals surface area contributed by atoms with Gasteiger partial charge in [-0.15, -0.1) is 0 Å². The van der Waals surface area contributed by atoms with Crippen LogP contribution in [0.5, 0.6) is 0 Å². The van der Waals surface area contributed by atoms with Crippen molar-refractivity contribution in [2.45, 2.75) is 49.4 Å². The number of H-pyrrole nitrogens is 1. The van der Waals surface area contributed by atoms with Gasteiger partial charge in [0, 0.05) is 18.5 Å². The van der Waals surface area contributed by atoms with Crippen molar-refractivity contribution in [3.63, 3.8) is 0 Å². The summed E-state index contributed by atoms with van der Waals surface area (Å²) in [6.45, 7) is -0.0200. The van der Waals surface area contributed by atoms with Gasteiger partial charge in [-0.1, -0.05) is 0 Å². The largest absolute Gasteiger partial charge is 0.399 e. The SMILES string of the molecule is O=C(CCc1c(-c2ccc(F)cc2)[nH]c(C2(C(F)(F)F)CC2)c1F)N[C@@H]1C(=O)NC[C@H]1O. The predicted molar refractivity (Wildman–Crippen MR) is 102 cm³/mol. The Morgan fingerprint density at radius 1 is 1.19 bits per heavy atom. The van der Waals surface area contributed by atoms with E-state index in [0.29, 0.717) is 0 Å². The number of rotatable bonds is 6. The van der Waals surface area contributed by atoms with Gasteiger partial charge < -0.3 is 20.7 Å². The first-order chi connectivity index (χ1) is 15.0. The van der Waals surface area contributed by atoms with Gasteiger partial charge in [-0.3, -0.25) is 9.59 Å². The molecule has 0 unspecified atom stereocenters. The highest BCUT2D eigenvalue weighted by atomic mass is 19.4. The van der Waals surface area contributed by atoms with Gasteiger partial charge in [0.2, 0.25) is 11.8 Å². The van der Waals surface area contributed by atoms with Crippen LogP contribution in [-0.2, 0) is 21.4 Å². The molecule has 2 atom stereocenters. The lowest BCUT2D eigenvalue weighted by molar-refractivity contribution is -0.162. The van der Waals surface area contributed by atoms with Crippen molar-refractivity contribution in [2.24, 2.45) is 0 Å². The minimum atomic E-state index is -4.65. The van der Waals surface area contributed by atoms with Crippen molar-refractivity contribution in [3.8, 4) is 11.3 Å². The van der Waals surface area contributed by atoms with Gasteiger partial charge in [-0.2, -0.15) is 13.2 Å². The number of aliphatic hydroxyl groups excluding tert-OH is 1. The number of nitrogens with one attached hydrogen (secondary N) is 3. The Hall–Kier alpha value is -2.95. The number of β-amino-alcohol motifs (C(OH)–C–C–N with tert-alkyl or cyclic N) is 1. The second kappa shape index (κ2) is 7.88. The third-order valence-electron chi connectivity index (χ3n) is 6.01. The highest BCUT2D eigenvalue weighted by Crippen LogP contribution is 2.59. The number of halogens is 5. The third-order valence-corrected chi connectivity index (χ3v) is 6.01. The Morgan fingerprint density at radius 2 is 1.84 bits per heavy atom. The number of aromatic nitrogens is 1. The molecule has 1 saturated carbocycles. The van der Waals surface area contributed by atoms with E-state index in [1.54, 1.807) is 0 Å². The molecule has 2 heterocycles. The van der Waals surface area contributed by atoms with Gasteiger partial charge in [0.05, 0.1) is 11.4 Å². The Bertz CT molecular complexity index is 1040. The monoisotopic (exact) mass is 457 g/mol. The molecule has 0 spiro atoms. The first kappa shape index (κ1) is 22.3. The van der Waals surface area contributed by atoms with E-state index in [9.17, 15) is 32.3 Å². The smallest absolute Gasteiger partial charge is 0.389 e. The summed E-state index contributed by atoms with van der Waals surface area (Å²) in [5.41, 5.74) is -2.72. The van der Waals surface area contributed by atoms with Crippen molar-refractivity contribution in [3.05, 3.63) is 47.2 Å². The molecule has 172 valence electrons. The zero-order chi connectivity index (χ0) is 23.3. The van der Waals surface area contributed by atoms with Gasteiger partial charge in [0.1, 0.15) is 29.2 Å². The van der Waals surface area contributed by atoms with E-state index in [-0.39, 0.29) is 49.0 Å². The van der Waals surface area contributed by atoms with Crippen LogP contribution in [0.4, 0.5) is 22.0 Å². The predicted octanol–water partition coefficient (Wildman–Crippen LogP) is 2.46. The first-order valence-electron chi connectivity index (χ1n) is 10.0. The number of aliphatic hydroxyl groups is 1. The number of amides is 2. The number of alkyl halides is 3. The molecule has 1 aliphatic carbocycles. The standard InChI is InChI=1S/C21H20F5N3O3/c22-11-3-1-10(2-4-11)16-12(5-6-14(31)28-17-13(30)9-27-19(17)32)15(23)18(29-16)20(7-8-20)21(24,25)26/h1-4,13,17,29-30H,5-9H2,(H,27,32)(H,28,31)/t13-,17+/m1/s1. The summed E-state index contributed by atoms with van der Waals surface area (Å²) >= 11 is 0. The maximum atomic E-state index is 15.3. The van der Waals surface area contributed by atoms with Crippen molar-refractivity contribution >= 4 is 11.8 Å². The lowest BCUT2D eigenvalue weighted by atomic mass is 9.99. The quantitative estimate of drug-likeness (QED) is 0.502. The molecular formula is C21H20F5N3O3. The van der Waals surface area contributed by atoms with Gasteiger partial charge in [-0.25, -0.2) is 8.78 Å². The molecule has 4 N–H and O–H groups in total. The number of hydrogen-bond acceptors (Lipinski definition) is 3. The summed E-state index contributed by atoms with van der Waals surface area (Å²) in [6.07, 6.45) is -6.88. The highest BCUT2D eigenvalue weighted by Gasteiger charge is 2.66. The summed E-state index contributed by atoms with van der Waals surface area (Å²) in [5, 5.41) is 14.5. The average Bonchev–Trinajstić information content (AvgIpc) is 3.41. The van der Waals surface area contributed by atoms with Gasteiger partial charge >= 0.3 is 6.18 Å². The molecular weight excluding hydrogens is 437 g/mol. The number of carbonyl (C=O) groups is 2. The van der Waals surface area contributed by atoms with Crippen LogP contribution in [0.15, 0.2) is 24.3 Å². The fourth-order valence-corrected chi connectivity index (χ4v) is 4.00. The van der Waals surface area contributed by atoms with Crippen LogP contribution in [0, 0.1) is 11.6 Å². The van der Waals surface area contributed by atoms with Crippen LogP contribution >= 0.6 is 0 Å². The minimum Gasteiger partial charge on any atom is -0.389 e. The molecule has 1 aromatic heterocycles. The topological polar surface area (TPSA) is 94.2 Å². The van der Waals surface area contributed by atoms with Crippen LogP contribution in [0.3, 0.4) is 0 Å². The zero-order valence-corrected chi connectivity index (χ0v) is 16.7. The zero-order valence-electron chi connectivity index (χ0n) is 16.7. The number of carbonyl (C=O) groups excluding carboxylic acids is 2. The van der Waals surface area contributed by atoms with Crippen molar-refractivity contribution in [1.82, 2.24) is 15.6 Å². The number of aromatic amines is 1. The lowest BCUT2D eigenvalue weighted by Gasteiger charge is -2.18. The molecule has 2 fully saturated rings. The molecule has 11 heteroatoms. The summed E-state index contributed by atoms with van der Waals surface area (Å²) in [4.78, 5) is 26.5. The normalized spacial score (nSPS) is 22.0. The van der Waals surface area contributed by atoms with Gasteiger partial charge in [-0.05, 0) is 49.1 Å². The molecule has 0 bridgehead atoms. The molecule has 4 rings (SSSR count). The molecule has 1 aliphatic heterocycles. The third kappa shape index (κ3) is 3.85. The number of benzene rings is 1. The summed E-state index contributed by atoms with van der Waals surface area (Å²) in [5.74, 6) is -2.88. The molecule has 32 heavy (non-hydrogen) atoms. The van der Waals surface area contributed by atoms with Crippen molar-refractivity contribution in [2.75, 3.05) is 6.54 Å². The Morgan fingerprint density at radius 3 is 2.38 bits per heavy atom. The van der Waals surface area contributed by atoms with E-state index in [4.69, 9.17) is 0 Å². The summed E-state index contributed by atoms with van der Waals surface area (Å²) in [7, 11) is 0. The van der Waals surface area contributed by atoms with Gasteiger partial charge in [0.25, 0.3) is 0 Å². The van der Waals surface area contributed by atoms with Crippen molar-refractivity contribution in [1.29, 1.82) is 0 Å². The fourth-order valence-electron chi connectivity index (χ4n) is 4.00. The molecule has 6 nitrogen and oxygen atoms in total. The Balaban J connectivity index is 1.62. The summed E-state index contributed by atoms with van der Waals surface area (Å²) < 4.78 is 69.4. The average molecular weight is 457 g/mol. The molecule has 1 saturated heterocycles. The van der Waals surface area contributed by atoms with Crippen LogP contribution in [-0.4, -0.2) is 46.8 Å². The van der Waals surface area contributed by atoms with Gasteiger partial charge in [0.15, 0.2) is 0 Å². The minimum absolute atomic E-state index is 0.0200. The van der Waals surface area contributed by atoms with E-state index >= 15 is 4.39 Å². The summed E-state index contributed by atoms with van der Waals surface area (Å²) in [6, 6.07) is 3.66. The van der Waals surface area contributed by atoms with Crippen molar-refractivity contribution < 1.29 is 36.6 Å². The maximum absolute atomic E-state index is 15.3. The van der Waals surface area contributed by atoms with E-state index in [1.807, 2.05) is 0 Å². The van der Waals surface area contributed by atoms with Crippen LogP contribution in [0.25, 0.3) is 11.3 Å². The van der Waals surface area contributed by atoms with Crippen LogP contribution in [0.2, 0.25) is 0 Å². The second-order valence-corrected chi connectivity index (χ2v) is 8.11. The molecule has 1 aromatic carbocycles. The van der Waals surface area contributed by atoms with Crippen LogP contribution < -0.4 is 10.6 Å². The Labute approximate surface area is 179 Å². The van der Waals surface area contributed by atoms with Crippen LogP contribution in [0.1, 0.15) is 30.5 Å². The van der Waals surface area contributed by atoms with E-state index < -0.39 is 52.9 Å². The Kier molecular flexibility index (Phi) is 5.48. The molecule has 2 aliphatic rings. The molecule has 0 radical (unpaired) electrons.